The second kappa shape index (κ2) is 5.65. The Morgan fingerprint density at radius 3 is 2.23 bits per heavy atom. The van der Waals surface area contributed by atoms with Crippen molar-refractivity contribution in [2.24, 2.45) is 5.73 Å². The van der Waals surface area contributed by atoms with Crippen molar-refractivity contribution in [3.63, 3.8) is 0 Å². The molecule has 0 unspecified atom stereocenters. The van der Waals surface area contributed by atoms with Gasteiger partial charge in [0.1, 0.15) is 0 Å². The lowest BCUT2D eigenvalue weighted by Gasteiger charge is -1.99. The molecule has 0 saturated heterocycles. The molecule has 0 heterocycles. The minimum atomic E-state index is -0.412. The van der Waals surface area contributed by atoms with E-state index in [1.165, 1.54) is 11.8 Å². The monoisotopic (exact) mass is 197 g/mol. The molecule has 72 valence electrons. The highest BCUT2D eigenvalue weighted by atomic mass is 32.2. The van der Waals surface area contributed by atoms with Gasteiger partial charge in [-0.3, -0.25) is 4.79 Å². The predicted octanol–water partition coefficient (Wildman–Crippen LogP) is 2.59. The molecule has 0 aliphatic carbocycles. The minimum Gasteiger partial charge on any atom is -0.365 e. The number of carbonyl (C=O) groups excluding carboxylic acids is 1. The minimum absolute atomic E-state index is 0.412. The number of allylic oxidation sites excluding steroid dienone is 3. The van der Waals surface area contributed by atoms with E-state index in [1.807, 2.05) is 26.2 Å². The zero-order valence-electron chi connectivity index (χ0n) is 8.26. The highest BCUT2D eigenvalue weighted by molar-refractivity contribution is 8.06. The predicted molar refractivity (Wildman–Crippen MR) is 59.1 cm³/mol. The Labute approximate surface area is 83.6 Å². The highest BCUT2D eigenvalue weighted by Gasteiger charge is 2.02. The van der Waals surface area contributed by atoms with Crippen molar-refractivity contribution in [1.82, 2.24) is 0 Å². The van der Waals surface area contributed by atoms with Crippen LogP contribution in [-0.4, -0.2) is 5.91 Å². The smallest absolute Gasteiger partial charge is 0.255 e. The van der Waals surface area contributed by atoms with E-state index in [0.29, 0.717) is 4.91 Å². The molecule has 0 atom stereocenters. The molecule has 2 nitrogen and oxygen atoms in total. The molecule has 0 aromatic heterocycles. The van der Waals surface area contributed by atoms with Gasteiger partial charge in [-0.2, -0.15) is 0 Å². The summed E-state index contributed by atoms with van der Waals surface area (Å²) in [6, 6.07) is 0. The van der Waals surface area contributed by atoms with Crippen LogP contribution in [-0.2, 0) is 4.79 Å². The third kappa shape index (κ3) is 6.22. The maximum absolute atomic E-state index is 10.9. The lowest BCUT2D eigenvalue weighted by molar-refractivity contribution is -0.113. The van der Waals surface area contributed by atoms with Crippen molar-refractivity contribution in [3.8, 4) is 0 Å². The average Bonchev–Trinajstić information content (AvgIpc) is 1.96. The first-order valence-electron chi connectivity index (χ1n) is 3.90. The fourth-order valence-electron chi connectivity index (χ4n) is 0.568. The molecule has 0 aliphatic rings. The van der Waals surface area contributed by atoms with Gasteiger partial charge in [0.2, 0.25) is 0 Å². The summed E-state index contributed by atoms with van der Waals surface area (Å²) in [5.74, 6) is -0.412. The molecule has 0 aliphatic heterocycles. The number of amides is 1. The molecule has 0 fully saturated rings. The highest BCUT2D eigenvalue weighted by Crippen LogP contribution is 2.19. The number of hydrogen-bond acceptors (Lipinski definition) is 2. The van der Waals surface area contributed by atoms with Crippen LogP contribution in [0.5, 0.6) is 0 Å². The first-order valence-corrected chi connectivity index (χ1v) is 4.78. The van der Waals surface area contributed by atoms with Crippen LogP contribution in [0.1, 0.15) is 20.8 Å². The van der Waals surface area contributed by atoms with Crippen molar-refractivity contribution >= 4 is 17.7 Å². The van der Waals surface area contributed by atoms with Gasteiger partial charge in [0.05, 0.1) is 4.91 Å². The average molecular weight is 197 g/mol. The Kier molecular flexibility index (Phi) is 5.23. The van der Waals surface area contributed by atoms with Crippen LogP contribution in [0.15, 0.2) is 34.1 Å². The molecule has 2 N–H and O–H groups in total. The molecule has 0 bridgehead atoms. The van der Waals surface area contributed by atoms with E-state index in [9.17, 15) is 4.79 Å². The Morgan fingerprint density at radius 2 is 1.92 bits per heavy atom. The maximum Gasteiger partial charge on any atom is 0.255 e. The Bertz CT molecular complexity index is 273. The molecule has 3 heteroatoms. The second-order valence-electron chi connectivity index (χ2n) is 3.03. The normalized spacial score (nSPS) is 10.8. The van der Waals surface area contributed by atoms with Crippen molar-refractivity contribution in [3.05, 3.63) is 34.1 Å². The van der Waals surface area contributed by atoms with Gasteiger partial charge in [-0.05, 0) is 32.3 Å². The summed E-state index contributed by atoms with van der Waals surface area (Å²) in [5, 5.41) is 1.89. The zero-order valence-corrected chi connectivity index (χ0v) is 9.07. The Balaban J connectivity index is 4.55. The van der Waals surface area contributed by atoms with E-state index in [1.54, 1.807) is 6.08 Å². The van der Waals surface area contributed by atoms with Gasteiger partial charge < -0.3 is 5.73 Å². The van der Waals surface area contributed by atoms with Crippen LogP contribution in [0, 0.1) is 0 Å². The van der Waals surface area contributed by atoms with E-state index in [-0.39, 0.29) is 0 Å². The van der Waals surface area contributed by atoms with Gasteiger partial charge in [-0.1, -0.05) is 29.5 Å². The van der Waals surface area contributed by atoms with Crippen molar-refractivity contribution in [1.29, 1.82) is 0 Å². The van der Waals surface area contributed by atoms with E-state index < -0.39 is 5.91 Å². The van der Waals surface area contributed by atoms with Crippen LogP contribution in [0.25, 0.3) is 0 Å². The summed E-state index contributed by atoms with van der Waals surface area (Å²) < 4.78 is 0. The van der Waals surface area contributed by atoms with Crippen molar-refractivity contribution in [2.45, 2.75) is 20.8 Å². The van der Waals surface area contributed by atoms with Crippen LogP contribution < -0.4 is 5.73 Å². The number of carbonyl (C=O) groups is 1. The van der Waals surface area contributed by atoms with Crippen LogP contribution >= 0.6 is 11.8 Å². The lowest BCUT2D eigenvalue weighted by Crippen LogP contribution is -2.11. The van der Waals surface area contributed by atoms with E-state index >= 15 is 0 Å². The zero-order chi connectivity index (χ0) is 10.4. The summed E-state index contributed by atoms with van der Waals surface area (Å²) in [6.45, 7) is 9.44. The molecule has 0 saturated carbocycles. The Hall–Kier alpha value is -0.960. The number of hydrogen-bond donors (Lipinski definition) is 1. The van der Waals surface area contributed by atoms with Crippen LogP contribution in [0.2, 0.25) is 0 Å². The molecular formula is C10H15NOS. The van der Waals surface area contributed by atoms with E-state index in [2.05, 4.69) is 6.58 Å². The van der Waals surface area contributed by atoms with Gasteiger partial charge in [-0.25, -0.2) is 0 Å². The lowest BCUT2D eigenvalue weighted by atomic mass is 10.3. The number of primary amides is 1. The molecule has 0 aromatic rings. The molecule has 1 amide bonds. The van der Waals surface area contributed by atoms with Gasteiger partial charge >= 0.3 is 0 Å². The number of rotatable bonds is 4. The molecule has 0 spiro atoms. The molecular weight excluding hydrogens is 182 g/mol. The topological polar surface area (TPSA) is 43.1 Å². The van der Waals surface area contributed by atoms with E-state index in [4.69, 9.17) is 5.73 Å². The van der Waals surface area contributed by atoms with Crippen LogP contribution in [0.3, 0.4) is 0 Å². The van der Waals surface area contributed by atoms with Crippen molar-refractivity contribution in [2.75, 3.05) is 0 Å². The van der Waals surface area contributed by atoms with Crippen molar-refractivity contribution < 1.29 is 4.79 Å². The van der Waals surface area contributed by atoms with Gasteiger partial charge in [0, 0.05) is 0 Å². The van der Waals surface area contributed by atoms with E-state index in [0.717, 1.165) is 11.1 Å². The number of nitrogens with two attached hydrogens (primary N) is 1. The largest absolute Gasteiger partial charge is 0.365 e. The molecule has 0 aromatic carbocycles. The third-order valence-corrected chi connectivity index (χ3v) is 2.20. The number of thioether (sulfide) groups is 1. The SMILES string of the molecule is C=C(C)/C=C(/SC=C(C)C)C(N)=O. The summed E-state index contributed by atoms with van der Waals surface area (Å²) in [6.07, 6.45) is 1.69. The van der Waals surface area contributed by atoms with Gasteiger partial charge in [0.15, 0.2) is 0 Å². The maximum atomic E-state index is 10.9. The summed E-state index contributed by atoms with van der Waals surface area (Å²) in [7, 11) is 0. The second-order valence-corrected chi connectivity index (χ2v) is 3.94. The first-order chi connectivity index (χ1) is 5.93. The standard InChI is InChI=1S/C10H15NOS/c1-7(2)5-9(10(11)12)13-6-8(3)4/h5-6H,1H2,2-4H3,(H2,11,12)/b9-5+. The summed E-state index contributed by atoms with van der Waals surface area (Å²) >= 11 is 1.33. The molecule has 13 heavy (non-hydrogen) atoms. The quantitative estimate of drug-likeness (QED) is 0.556. The Morgan fingerprint density at radius 1 is 1.38 bits per heavy atom. The van der Waals surface area contributed by atoms with Gasteiger partial charge in [-0.15, -0.1) is 0 Å². The van der Waals surface area contributed by atoms with Gasteiger partial charge in [0.25, 0.3) is 5.91 Å². The first kappa shape index (κ1) is 12.0. The fraction of sp³-hybridized carbons (Fsp3) is 0.300. The molecule has 0 rings (SSSR count). The van der Waals surface area contributed by atoms with Crippen LogP contribution in [0.4, 0.5) is 0 Å². The summed E-state index contributed by atoms with van der Waals surface area (Å²) in [5.41, 5.74) is 7.13. The third-order valence-electron chi connectivity index (χ3n) is 1.04. The summed E-state index contributed by atoms with van der Waals surface area (Å²) in [4.78, 5) is 11.4. The molecule has 0 radical (unpaired) electrons. The fourth-order valence-corrected chi connectivity index (χ4v) is 1.32.